The first-order valence-electron chi connectivity index (χ1n) is 3.80. The molecule has 0 aliphatic heterocycles. The average molecular weight is 204 g/mol. The van der Waals surface area contributed by atoms with Crippen LogP contribution in [0.4, 0.5) is 0 Å². The highest BCUT2D eigenvalue weighted by Gasteiger charge is 2.10. The maximum atomic E-state index is 10.4. The number of carboxylic acid groups (broad SMARTS) is 1. The van der Waals surface area contributed by atoms with Gasteiger partial charge in [0, 0.05) is 10.9 Å². The summed E-state index contributed by atoms with van der Waals surface area (Å²) in [6, 6.07) is 0. The topological polar surface area (TPSA) is 66.8 Å². The van der Waals surface area contributed by atoms with Crippen molar-refractivity contribution in [3.8, 4) is 0 Å². The fourth-order valence-electron chi connectivity index (χ4n) is 0.692. The third-order valence-electron chi connectivity index (χ3n) is 1.19. The van der Waals surface area contributed by atoms with Crippen LogP contribution in [0.5, 0.6) is 0 Å². The Morgan fingerprint density at radius 1 is 1.54 bits per heavy atom. The van der Waals surface area contributed by atoms with Crippen LogP contribution in [0.3, 0.4) is 0 Å². The second kappa shape index (κ2) is 6.59. The van der Waals surface area contributed by atoms with Crippen molar-refractivity contribution in [2.45, 2.75) is 20.5 Å². The Labute approximate surface area is 80.3 Å². The number of thiophene rings is 1. The SMILES string of the molecule is CC.O=C(O)c1cscc1COO. The average Bonchev–Trinajstić information content (AvgIpc) is 2.57. The zero-order chi connectivity index (χ0) is 10.3. The second-order valence-electron chi connectivity index (χ2n) is 1.89. The molecule has 0 aliphatic rings. The molecule has 0 aliphatic carbocycles. The number of rotatable bonds is 3. The molecule has 1 aromatic rings. The first-order chi connectivity index (χ1) is 6.25. The minimum Gasteiger partial charge on any atom is -0.478 e. The molecule has 2 N–H and O–H groups in total. The predicted molar refractivity (Wildman–Crippen MR) is 50.0 cm³/mol. The summed E-state index contributed by atoms with van der Waals surface area (Å²) >= 11 is 1.26. The lowest BCUT2D eigenvalue weighted by Gasteiger charge is -1.94. The standard InChI is InChI=1S/C6H6O4S.C2H6/c7-6(8)5-3-11-2-4(5)1-10-9;1-2/h2-3,9H,1H2,(H,7,8);1-2H3. The van der Waals surface area contributed by atoms with Crippen molar-refractivity contribution in [3.63, 3.8) is 0 Å². The van der Waals surface area contributed by atoms with Crippen molar-refractivity contribution in [2.75, 3.05) is 0 Å². The smallest absolute Gasteiger partial charge is 0.336 e. The van der Waals surface area contributed by atoms with Gasteiger partial charge in [-0.1, -0.05) is 13.8 Å². The van der Waals surface area contributed by atoms with Crippen molar-refractivity contribution in [3.05, 3.63) is 21.9 Å². The predicted octanol–water partition coefficient (Wildman–Crippen LogP) is 2.46. The van der Waals surface area contributed by atoms with Gasteiger partial charge in [0.25, 0.3) is 0 Å². The highest BCUT2D eigenvalue weighted by molar-refractivity contribution is 7.08. The first-order valence-corrected chi connectivity index (χ1v) is 4.74. The van der Waals surface area contributed by atoms with E-state index in [4.69, 9.17) is 10.4 Å². The lowest BCUT2D eigenvalue weighted by atomic mass is 10.2. The van der Waals surface area contributed by atoms with Crippen molar-refractivity contribution in [1.29, 1.82) is 0 Å². The second-order valence-corrected chi connectivity index (χ2v) is 2.63. The van der Waals surface area contributed by atoms with Crippen LogP contribution in [0, 0.1) is 0 Å². The van der Waals surface area contributed by atoms with E-state index in [0.29, 0.717) is 5.56 Å². The molecule has 74 valence electrons. The molecule has 0 saturated carbocycles. The number of hydrogen-bond acceptors (Lipinski definition) is 4. The van der Waals surface area contributed by atoms with Crippen LogP contribution < -0.4 is 0 Å². The quantitative estimate of drug-likeness (QED) is 0.586. The number of aromatic carboxylic acids is 1. The molecule has 0 saturated heterocycles. The van der Waals surface area contributed by atoms with E-state index in [2.05, 4.69) is 4.89 Å². The van der Waals surface area contributed by atoms with Gasteiger partial charge in [-0.05, 0) is 5.38 Å². The van der Waals surface area contributed by atoms with Crippen LogP contribution in [-0.4, -0.2) is 16.3 Å². The van der Waals surface area contributed by atoms with Crippen molar-refractivity contribution < 1.29 is 20.0 Å². The molecule has 0 radical (unpaired) electrons. The fraction of sp³-hybridized carbons (Fsp3) is 0.375. The molecule has 0 atom stereocenters. The number of carboxylic acids is 1. The molecule has 0 unspecified atom stereocenters. The highest BCUT2D eigenvalue weighted by Crippen LogP contribution is 2.15. The van der Waals surface area contributed by atoms with Gasteiger partial charge in [0.05, 0.1) is 5.56 Å². The summed E-state index contributed by atoms with van der Waals surface area (Å²) in [5.41, 5.74) is 0.675. The molecule has 0 spiro atoms. The van der Waals surface area contributed by atoms with Crippen LogP contribution in [0.2, 0.25) is 0 Å². The first kappa shape index (κ1) is 12.1. The summed E-state index contributed by atoms with van der Waals surface area (Å²) in [6.45, 7) is 3.92. The highest BCUT2D eigenvalue weighted by atomic mass is 32.1. The molecule has 1 heterocycles. The summed E-state index contributed by atoms with van der Waals surface area (Å²) in [5, 5.41) is 19.7. The van der Waals surface area contributed by atoms with Crippen LogP contribution in [0.1, 0.15) is 29.8 Å². The van der Waals surface area contributed by atoms with E-state index in [1.165, 1.54) is 16.7 Å². The minimum atomic E-state index is -1.00. The molecule has 5 heteroatoms. The van der Waals surface area contributed by atoms with E-state index in [9.17, 15) is 4.79 Å². The lowest BCUT2D eigenvalue weighted by Crippen LogP contribution is -1.99. The van der Waals surface area contributed by atoms with Crippen LogP contribution in [0.25, 0.3) is 0 Å². The van der Waals surface area contributed by atoms with E-state index in [1.54, 1.807) is 5.38 Å². The van der Waals surface area contributed by atoms with Gasteiger partial charge in [-0.3, -0.25) is 5.26 Å². The number of hydrogen-bond donors (Lipinski definition) is 2. The molecule has 0 bridgehead atoms. The molecule has 1 aromatic heterocycles. The molecule has 0 aromatic carbocycles. The van der Waals surface area contributed by atoms with Gasteiger partial charge in [-0.25, -0.2) is 9.68 Å². The molecule has 0 amide bonds. The van der Waals surface area contributed by atoms with E-state index >= 15 is 0 Å². The normalized spacial score (nSPS) is 8.85. The van der Waals surface area contributed by atoms with Crippen LogP contribution >= 0.6 is 11.3 Å². The van der Waals surface area contributed by atoms with Crippen molar-refractivity contribution in [2.24, 2.45) is 0 Å². The summed E-state index contributed by atoms with van der Waals surface area (Å²) in [5.74, 6) is -1.00. The van der Waals surface area contributed by atoms with Gasteiger partial charge in [0.1, 0.15) is 6.61 Å². The Bertz CT molecular complexity index is 256. The maximum absolute atomic E-state index is 10.4. The Kier molecular flexibility index (Phi) is 6.13. The van der Waals surface area contributed by atoms with Gasteiger partial charge in [0.2, 0.25) is 0 Å². The number of carbonyl (C=O) groups is 1. The van der Waals surface area contributed by atoms with Gasteiger partial charge in [-0.2, -0.15) is 11.3 Å². The molecule has 4 nitrogen and oxygen atoms in total. The van der Waals surface area contributed by atoms with Gasteiger partial charge in [0.15, 0.2) is 0 Å². The Hall–Kier alpha value is -0.910. The summed E-state index contributed by atoms with van der Waals surface area (Å²) in [7, 11) is 0. The minimum absolute atomic E-state index is 0.0782. The monoisotopic (exact) mass is 204 g/mol. The third-order valence-corrected chi connectivity index (χ3v) is 1.98. The molecular formula is C8H12O4S. The van der Waals surface area contributed by atoms with Gasteiger partial charge >= 0.3 is 5.97 Å². The van der Waals surface area contributed by atoms with Crippen LogP contribution in [0.15, 0.2) is 10.8 Å². The molecule has 0 fully saturated rings. The zero-order valence-electron chi connectivity index (χ0n) is 7.48. The van der Waals surface area contributed by atoms with Gasteiger partial charge < -0.3 is 5.11 Å². The van der Waals surface area contributed by atoms with E-state index in [0.717, 1.165) is 0 Å². The van der Waals surface area contributed by atoms with Crippen LogP contribution in [-0.2, 0) is 11.5 Å². The summed E-state index contributed by atoms with van der Waals surface area (Å²) in [6.07, 6.45) is 0. The Morgan fingerprint density at radius 3 is 2.62 bits per heavy atom. The third kappa shape index (κ3) is 3.54. The lowest BCUT2D eigenvalue weighted by molar-refractivity contribution is -0.252. The molecule has 1 rings (SSSR count). The van der Waals surface area contributed by atoms with E-state index in [-0.39, 0.29) is 12.2 Å². The zero-order valence-corrected chi connectivity index (χ0v) is 8.30. The molecular weight excluding hydrogens is 192 g/mol. The summed E-state index contributed by atoms with van der Waals surface area (Å²) in [4.78, 5) is 14.2. The van der Waals surface area contributed by atoms with Crippen molar-refractivity contribution in [1.82, 2.24) is 0 Å². The van der Waals surface area contributed by atoms with E-state index in [1.807, 2.05) is 13.8 Å². The fourth-order valence-corrected chi connectivity index (χ4v) is 1.51. The largest absolute Gasteiger partial charge is 0.478 e. The van der Waals surface area contributed by atoms with Crippen molar-refractivity contribution >= 4 is 17.3 Å². The van der Waals surface area contributed by atoms with E-state index < -0.39 is 5.97 Å². The molecule has 13 heavy (non-hydrogen) atoms. The maximum Gasteiger partial charge on any atom is 0.336 e. The van der Waals surface area contributed by atoms with Gasteiger partial charge in [-0.15, -0.1) is 0 Å². The Balaban J connectivity index is 0.000000671. The summed E-state index contributed by atoms with van der Waals surface area (Å²) < 4.78 is 0. The Morgan fingerprint density at radius 2 is 2.15 bits per heavy atom.